The summed E-state index contributed by atoms with van der Waals surface area (Å²) in [6, 6.07) is 79.7. The van der Waals surface area contributed by atoms with Crippen molar-refractivity contribution in [3.63, 3.8) is 0 Å². The Morgan fingerprint density at radius 2 is 0.754 bits per heavy atom. The summed E-state index contributed by atoms with van der Waals surface area (Å²) in [6.07, 6.45) is 3.90. The van der Waals surface area contributed by atoms with Crippen LogP contribution >= 0.6 is 22.7 Å². The SMILES string of the molecule is c1ccc([Si](c2ccccc2)(c2cccc3c2sc2ccc(-n4c5ccccc5c5ccccc54)cc23)c2cccc3c2sc2ccc(-n4c5ccccc5c5cnccc54)cc23)cc1. The van der Waals surface area contributed by atoms with Gasteiger partial charge in [0, 0.05) is 85.7 Å². The van der Waals surface area contributed by atoms with E-state index in [0.29, 0.717) is 0 Å². The lowest BCUT2D eigenvalue weighted by Gasteiger charge is -2.35. The van der Waals surface area contributed by atoms with Gasteiger partial charge >= 0.3 is 0 Å². The molecular weight excluding hydrogens is 843 g/mol. The van der Waals surface area contributed by atoms with Gasteiger partial charge < -0.3 is 9.13 Å². The highest BCUT2D eigenvalue weighted by atomic mass is 32.1. The normalized spacial score (nSPS) is 12.3. The van der Waals surface area contributed by atoms with E-state index in [4.69, 9.17) is 0 Å². The van der Waals surface area contributed by atoms with Gasteiger partial charge in [-0.05, 0) is 81.4 Å². The molecule has 0 unspecified atom stereocenters. The summed E-state index contributed by atoms with van der Waals surface area (Å²) in [5.74, 6) is 0. The Hall–Kier alpha value is -7.61. The highest BCUT2D eigenvalue weighted by Crippen LogP contribution is 2.41. The summed E-state index contributed by atoms with van der Waals surface area (Å²) in [5, 5.41) is 15.7. The number of aromatic nitrogens is 3. The standard InChI is InChI=1S/C59H37N3S2Si/c1-3-15-40(16-4-1)65(41-17-5-2-6-18-41,56-27-13-22-45-47-35-38(29-31-54(47)63-58(45)56)61-50-24-10-7-19-42(50)43-20-8-11-25-51(43)61)57-28-14-23-46-48-36-39(30-32-55(48)64-59(46)57)62-52-26-12-9-21-44(52)49-37-60-34-33-53(49)62/h1-37H. The first-order valence-corrected chi connectivity index (χ1v) is 25.7. The van der Waals surface area contributed by atoms with Crippen molar-refractivity contribution in [2.24, 2.45) is 0 Å². The van der Waals surface area contributed by atoms with Gasteiger partial charge in [0.2, 0.25) is 0 Å². The average Bonchev–Trinajstić information content (AvgIpc) is 4.13. The number of hydrogen-bond acceptors (Lipinski definition) is 3. The Labute approximate surface area is 383 Å². The summed E-state index contributed by atoms with van der Waals surface area (Å²) in [6.45, 7) is 0. The molecule has 14 aromatic rings. The van der Waals surface area contributed by atoms with Gasteiger partial charge in [-0.25, -0.2) is 0 Å². The van der Waals surface area contributed by atoms with E-state index < -0.39 is 8.07 Å². The van der Waals surface area contributed by atoms with Gasteiger partial charge in [-0.1, -0.05) is 152 Å². The lowest BCUT2D eigenvalue weighted by Crippen LogP contribution is -2.74. The quantitative estimate of drug-likeness (QED) is 0.121. The fraction of sp³-hybridized carbons (Fsp3) is 0. The van der Waals surface area contributed by atoms with E-state index >= 15 is 0 Å². The summed E-state index contributed by atoms with van der Waals surface area (Å²) in [4.78, 5) is 4.52. The third-order valence-corrected chi connectivity index (χ3v) is 21.4. The largest absolute Gasteiger partial charge is 0.309 e. The molecule has 5 aromatic heterocycles. The van der Waals surface area contributed by atoms with Gasteiger partial charge in [0.25, 0.3) is 0 Å². The summed E-state index contributed by atoms with van der Waals surface area (Å²) in [7, 11) is -3.03. The monoisotopic (exact) mass is 879 g/mol. The second-order valence-electron chi connectivity index (χ2n) is 17.0. The molecule has 0 fully saturated rings. The molecule has 5 heterocycles. The molecule has 0 spiro atoms. The number of pyridine rings is 1. The lowest BCUT2D eigenvalue weighted by atomic mass is 10.1. The number of nitrogens with zero attached hydrogens (tertiary/aromatic N) is 3. The Bertz CT molecular complexity index is 3820. The minimum Gasteiger partial charge on any atom is -0.309 e. The number of para-hydroxylation sites is 3. The molecule has 9 aromatic carbocycles. The summed E-state index contributed by atoms with van der Waals surface area (Å²) < 4.78 is 10.2. The van der Waals surface area contributed by atoms with Crippen molar-refractivity contribution in [3.05, 3.63) is 225 Å². The van der Waals surface area contributed by atoms with Crippen molar-refractivity contribution in [2.75, 3.05) is 0 Å². The van der Waals surface area contributed by atoms with E-state index in [2.05, 4.69) is 226 Å². The molecule has 0 aliphatic carbocycles. The lowest BCUT2D eigenvalue weighted by molar-refractivity contribution is 1.18. The third kappa shape index (κ3) is 5.24. The maximum Gasteiger partial charge on any atom is 0.182 e. The van der Waals surface area contributed by atoms with Crippen molar-refractivity contribution in [1.29, 1.82) is 0 Å². The van der Waals surface area contributed by atoms with Crippen LogP contribution in [0.4, 0.5) is 0 Å². The van der Waals surface area contributed by atoms with E-state index in [0.717, 1.165) is 5.69 Å². The molecule has 6 heteroatoms. The molecule has 14 rings (SSSR count). The van der Waals surface area contributed by atoms with Gasteiger partial charge in [0.15, 0.2) is 8.07 Å². The molecule has 0 radical (unpaired) electrons. The van der Waals surface area contributed by atoms with E-state index in [9.17, 15) is 0 Å². The average molecular weight is 880 g/mol. The second kappa shape index (κ2) is 14.2. The van der Waals surface area contributed by atoms with Gasteiger partial charge in [-0.15, -0.1) is 22.7 Å². The Kier molecular flexibility index (Phi) is 8.04. The molecule has 0 saturated carbocycles. The van der Waals surface area contributed by atoms with Gasteiger partial charge in [-0.3, -0.25) is 4.98 Å². The number of rotatable bonds is 6. The molecule has 0 aliphatic rings. The van der Waals surface area contributed by atoms with Gasteiger partial charge in [-0.2, -0.15) is 0 Å². The fourth-order valence-electron chi connectivity index (χ4n) is 11.0. The Morgan fingerprint density at radius 1 is 0.338 bits per heavy atom. The molecule has 0 atom stereocenters. The predicted molar refractivity (Wildman–Crippen MR) is 282 cm³/mol. The van der Waals surface area contributed by atoms with Crippen LogP contribution < -0.4 is 20.7 Å². The zero-order valence-electron chi connectivity index (χ0n) is 35.0. The second-order valence-corrected chi connectivity index (χ2v) is 22.9. The summed E-state index contributed by atoms with van der Waals surface area (Å²) >= 11 is 3.89. The van der Waals surface area contributed by atoms with Crippen LogP contribution in [0.25, 0.3) is 95.3 Å². The van der Waals surface area contributed by atoms with Crippen molar-refractivity contribution < 1.29 is 0 Å². The van der Waals surface area contributed by atoms with Crippen LogP contribution in [0, 0.1) is 0 Å². The van der Waals surface area contributed by atoms with Crippen LogP contribution in [-0.2, 0) is 0 Å². The molecule has 0 aliphatic heterocycles. The highest BCUT2D eigenvalue weighted by Gasteiger charge is 2.44. The van der Waals surface area contributed by atoms with Crippen LogP contribution in [0.3, 0.4) is 0 Å². The molecule has 0 N–H and O–H groups in total. The fourth-order valence-corrected chi connectivity index (χ4v) is 19.4. The van der Waals surface area contributed by atoms with Crippen molar-refractivity contribution >= 4 is 135 Å². The highest BCUT2D eigenvalue weighted by molar-refractivity contribution is 7.33. The van der Waals surface area contributed by atoms with E-state index in [1.54, 1.807) is 0 Å². The smallest absolute Gasteiger partial charge is 0.182 e. The molecule has 304 valence electrons. The van der Waals surface area contributed by atoms with Crippen LogP contribution in [-0.4, -0.2) is 22.2 Å². The first-order chi connectivity index (χ1) is 32.3. The molecule has 65 heavy (non-hydrogen) atoms. The van der Waals surface area contributed by atoms with Gasteiger partial charge in [0.1, 0.15) is 0 Å². The van der Waals surface area contributed by atoms with E-state index in [1.807, 2.05) is 35.1 Å². The maximum absolute atomic E-state index is 4.52. The van der Waals surface area contributed by atoms with Crippen molar-refractivity contribution in [3.8, 4) is 11.4 Å². The summed E-state index contributed by atoms with van der Waals surface area (Å²) in [5.41, 5.74) is 7.14. The van der Waals surface area contributed by atoms with Gasteiger partial charge in [0.05, 0.1) is 22.1 Å². The third-order valence-electron chi connectivity index (χ3n) is 13.8. The minimum absolute atomic E-state index is 1.16. The minimum atomic E-state index is -3.03. The molecule has 0 amide bonds. The number of hydrogen-bond donors (Lipinski definition) is 0. The molecular formula is C59H37N3S2Si. The predicted octanol–water partition coefficient (Wildman–Crippen LogP) is 13.4. The number of fused-ring (bicyclic) bond motifs is 12. The first-order valence-electron chi connectivity index (χ1n) is 22.1. The van der Waals surface area contributed by atoms with Crippen LogP contribution in [0.5, 0.6) is 0 Å². The van der Waals surface area contributed by atoms with Crippen LogP contribution in [0.2, 0.25) is 0 Å². The van der Waals surface area contributed by atoms with Crippen molar-refractivity contribution in [1.82, 2.24) is 14.1 Å². The molecule has 0 bridgehead atoms. The van der Waals surface area contributed by atoms with E-state index in [-0.39, 0.29) is 0 Å². The molecule has 0 saturated heterocycles. The maximum atomic E-state index is 4.52. The first kappa shape index (κ1) is 36.8. The zero-order chi connectivity index (χ0) is 42.6. The van der Waals surface area contributed by atoms with E-state index in [1.165, 1.54) is 110 Å². The van der Waals surface area contributed by atoms with Crippen LogP contribution in [0.15, 0.2) is 225 Å². The Balaban J connectivity index is 1.04. The number of benzene rings is 9. The van der Waals surface area contributed by atoms with Crippen molar-refractivity contribution in [2.45, 2.75) is 0 Å². The Morgan fingerprint density at radius 3 is 1.25 bits per heavy atom. The number of thiophene rings is 2. The van der Waals surface area contributed by atoms with Crippen LogP contribution in [0.1, 0.15) is 0 Å². The zero-order valence-corrected chi connectivity index (χ0v) is 37.7. The topological polar surface area (TPSA) is 22.8 Å². The molecule has 3 nitrogen and oxygen atoms in total.